The van der Waals surface area contributed by atoms with Crippen LogP contribution in [0.1, 0.15) is 29.3 Å². The molecule has 1 aromatic carbocycles. The highest BCUT2D eigenvalue weighted by Crippen LogP contribution is 2.31. The molecule has 2 amide bonds. The number of esters is 1. The number of carbonyl (C=O) groups is 3. The highest BCUT2D eigenvalue weighted by atomic mass is 32.2. The number of aliphatic imine (C=N–C) groups is 1. The highest BCUT2D eigenvalue weighted by molar-refractivity contribution is 8.15. The number of nitrogens with one attached hydrogen (secondary N) is 1. The molecule has 0 bridgehead atoms. The molecule has 33 heavy (non-hydrogen) atoms. The van der Waals surface area contributed by atoms with Crippen molar-refractivity contribution in [1.29, 1.82) is 0 Å². The smallest absolute Gasteiger partial charge is 0.307 e. The van der Waals surface area contributed by atoms with E-state index in [1.165, 1.54) is 18.9 Å². The van der Waals surface area contributed by atoms with Crippen molar-refractivity contribution in [3.8, 4) is 0 Å². The van der Waals surface area contributed by atoms with Crippen LogP contribution in [0.5, 0.6) is 0 Å². The number of hydrogen-bond acceptors (Lipinski definition) is 7. The van der Waals surface area contributed by atoms with Gasteiger partial charge in [0.2, 0.25) is 5.91 Å². The molecule has 0 radical (unpaired) electrons. The second-order valence-corrected chi connectivity index (χ2v) is 9.18. The van der Waals surface area contributed by atoms with Crippen molar-refractivity contribution in [2.75, 3.05) is 47.0 Å². The number of carbonyl (C=O) groups excluding carboxylic acids is 3. The molecule has 2 saturated heterocycles. The quantitative estimate of drug-likeness (QED) is 0.465. The van der Waals surface area contributed by atoms with Crippen LogP contribution in [-0.4, -0.2) is 96.0 Å². The number of nitrogens with zero attached hydrogens (tertiary/aromatic N) is 3. The fourth-order valence-corrected chi connectivity index (χ4v) is 4.98. The number of hydrogen-bond donors (Lipinski definition) is 1. The zero-order valence-electron chi connectivity index (χ0n) is 18.9. The highest BCUT2D eigenvalue weighted by Gasteiger charge is 2.39. The van der Waals surface area contributed by atoms with Gasteiger partial charge in [0.05, 0.1) is 26.7 Å². The molecule has 9 nitrogen and oxygen atoms in total. The van der Waals surface area contributed by atoms with E-state index in [2.05, 4.69) is 19.9 Å². The minimum atomic E-state index is -0.438. The molecule has 2 fully saturated rings. The van der Waals surface area contributed by atoms with E-state index in [9.17, 15) is 14.4 Å². The van der Waals surface area contributed by atoms with Gasteiger partial charge in [-0.3, -0.25) is 14.4 Å². The third-order valence-electron chi connectivity index (χ3n) is 5.57. The number of methoxy groups -OCH3 is 1. The van der Waals surface area contributed by atoms with Gasteiger partial charge >= 0.3 is 5.97 Å². The van der Waals surface area contributed by atoms with Gasteiger partial charge in [-0.15, -0.1) is 0 Å². The van der Waals surface area contributed by atoms with Crippen LogP contribution in [0.2, 0.25) is 0 Å². The average molecular weight is 493 g/mol. The summed E-state index contributed by atoms with van der Waals surface area (Å²) < 4.78 is 9.94. The largest absolute Gasteiger partial charge is 0.469 e. The van der Waals surface area contributed by atoms with Crippen molar-refractivity contribution in [2.24, 2.45) is 4.99 Å². The first-order chi connectivity index (χ1) is 15.8. The maximum atomic E-state index is 12.8. The molecule has 0 saturated carbocycles. The molecule has 1 N–H and O–H groups in total. The molecule has 0 spiro atoms. The van der Waals surface area contributed by atoms with Crippen molar-refractivity contribution in [3.05, 3.63) is 35.4 Å². The zero-order valence-corrected chi connectivity index (χ0v) is 20.5. The number of amides is 2. The lowest BCUT2D eigenvalue weighted by Gasteiger charge is -2.29. The van der Waals surface area contributed by atoms with Gasteiger partial charge in [0, 0.05) is 43.9 Å². The fraction of sp³-hybridized carbons (Fsp3) is 0.500. The lowest BCUT2D eigenvalue weighted by molar-refractivity contribution is -0.140. The number of amidine groups is 1. The Morgan fingerprint density at radius 1 is 1.21 bits per heavy atom. The molecule has 1 aromatic rings. The standard InChI is InChI=1S/C22H28N4O5S2/c1-14-18(20(29)23-9-8-17(27)30-3)33-22(25(14)2)24-19(28)15-4-6-16(7-5-15)21(32)26-10-12-31-13-11-26/h4-7,14,18H,8-13H2,1-3H3,(H,23,29). The molecule has 178 valence electrons. The molecule has 2 unspecified atom stereocenters. The van der Waals surface area contributed by atoms with Crippen LogP contribution >= 0.6 is 24.0 Å². The number of thioether (sulfide) groups is 1. The average Bonchev–Trinajstić information content (AvgIpc) is 3.12. The Morgan fingerprint density at radius 3 is 2.48 bits per heavy atom. The summed E-state index contributed by atoms with van der Waals surface area (Å²) in [5.74, 6) is -0.974. The molecule has 11 heteroatoms. The van der Waals surface area contributed by atoms with E-state index < -0.39 is 5.25 Å². The molecule has 0 aromatic heterocycles. The van der Waals surface area contributed by atoms with Gasteiger partial charge in [-0.1, -0.05) is 36.1 Å². The summed E-state index contributed by atoms with van der Waals surface area (Å²) in [4.78, 5) is 45.4. The third-order valence-corrected chi connectivity index (χ3v) is 7.52. The summed E-state index contributed by atoms with van der Waals surface area (Å²) in [6, 6.07) is 6.93. The Labute approximate surface area is 202 Å². The Bertz CT molecular complexity index is 931. The maximum Gasteiger partial charge on any atom is 0.307 e. The second kappa shape index (κ2) is 11.6. The van der Waals surface area contributed by atoms with E-state index in [1.807, 2.05) is 24.0 Å². The molecular formula is C22H28N4O5S2. The van der Waals surface area contributed by atoms with E-state index in [4.69, 9.17) is 17.0 Å². The molecule has 2 aliphatic rings. The normalized spacial score (nSPS) is 21.7. The molecule has 0 aliphatic carbocycles. The van der Waals surface area contributed by atoms with Crippen molar-refractivity contribution in [1.82, 2.24) is 15.1 Å². The topological polar surface area (TPSA) is 101 Å². The monoisotopic (exact) mass is 492 g/mol. The van der Waals surface area contributed by atoms with Crippen LogP contribution in [0.4, 0.5) is 0 Å². The zero-order chi connectivity index (χ0) is 24.0. The summed E-state index contributed by atoms with van der Waals surface area (Å²) in [7, 11) is 3.11. The van der Waals surface area contributed by atoms with E-state index in [0.717, 1.165) is 23.6 Å². The summed E-state index contributed by atoms with van der Waals surface area (Å²) in [5, 5.41) is 2.78. The summed E-state index contributed by atoms with van der Waals surface area (Å²) in [6.45, 7) is 4.91. The molecule has 2 atom stereocenters. The van der Waals surface area contributed by atoms with Crippen molar-refractivity contribution in [2.45, 2.75) is 24.6 Å². The first kappa shape index (κ1) is 25.1. The number of thiocarbonyl (C=S) groups is 1. The molecular weight excluding hydrogens is 464 g/mol. The Balaban J connectivity index is 1.61. The van der Waals surface area contributed by atoms with Crippen LogP contribution in [0.25, 0.3) is 0 Å². The van der Waals surface area contributed by atoms with Crippen molar-refractivity contribution >= 4 is 51.9 Å². The van der Waals surface area contributed by atoms with Crippen molar-refractivity contribution in [3.63, 3.8) is 0 Å². The first-order valence-electron chi connectivity index (χ1n) is 10.7. The van der Waals surface area contributed by atoms with Crippen LogP contribution in [0.3, 0.4) is 0 Å². The van der Waals surface area contributed by atoms with Gasteiger partial charge in [0.25, 0.3) is 5.91 Å². The Kier molecular flexibility index (Phi) is 8.81. The predicted molar refractivity (Wildman–Crippen MR) is 131 cm³/mol. The number of rotatable bonds is 6. The first-order valence-corrected chi connectivity index (χ1v) is 11.9. The van der Waals surface area contributed by atoms with Crippen molar-refractivity contribution < 1.29 is 23.9 Å². The van der Waals surface area contributed by atoms with E-state index >= 15 is 0 Å². The Hall–Kier alpha value is -2.50. The van der Waals surface area contributed by atoms with Gasteiger partial charge in [-0.05, 0) is 19.1 Å². The third kappa shape index (κ3) is 6.30. The predicted octanol–water partition coefficient (Wildman–Crippen LogP) is 1.31. The summed E-state index contributed by atoms with van der Waals surface area (Å²) in [5.41, 5.74) is 1.32. The van der Waals surface area contributed by atoms with Gasteiger partial charge in [0.15, 0.2) is 5.17 Å². The number of morpholine rings is 1. The van der Waals surface area contributed by atoms with Crippen LogP contribution in [-0.2, 0) is 19.1 Å². The molecule has 2 aliphatic heterocycles. The minimum absolute atomic E-state index is 0.105. The minimum Gasteiger partial charge on any atom is -0.469 e. The number of ether oxygens (including phenoxy) is 2. The van der Waals surface area contributed by atoms with E-state index in [0.29, 0.717) is 23.9 Å². The van der Waals surface area contributed by atoms with E-state index in [-0.39, 0.29) is 36.8 Å². The van der Waals surface area contributed by atoms with Gasteiger partial charge in [-0.2, -0.15) is 4.99 Å². The number of benzene rings is 1. The molecule has 3 rings (SSSR count). The summed E-state index contributed by atoms with van der Waals surface area (Å²) >= 11 is 6.80. The van der Waals surface area contributed by atoms with Gasteiger partial charge in [-0.25, -0.2) is 0 Å². The Morgan fingerprint density at radius 2 is 1.85 bits per heavy atom. The maximum absolute atomic E-state index is 12.8. The van der Waals surface area contributed by atoms with Crippen LogP contribution < -0.4 is 5.32 Å². The summed E-state index contributed by atoms with van der Waals surface area (Å²) in [6.07, 6.45) is 0.105. The van der Waals surface area contributed by atoms with Crippen LogP contribution in [0.15, 0.2) is 29.3 Å². The second-order valence-electron chi connectivity index (χ2n) is 7.69. The van der Waals surface area contributed by atoms with Crippen LogP contribution in [0, 0.1) is 0 Å². The SMILES string of the molecule is COC(=O)CCNC(=O)C1SC(=NC(=O)c2ccc(C(=S)N3CCOCC3)cc2)N(C)C1C. The fourth-order valence-electron chi connectivity index (χ4n) is 3.40. The van der Waals surface area contributed by atoms with Gasteiger partial charge in [0.1, 0.15) is 10.2 Å². The molecule has 2 heterocycles. The van der Waals surface area contributed by atoms with E-state index in [1.54, 1.807) is 19.2 Å². The lowest BCUT2D eigenvalue weighted by atomic mass is 10.1. The van der Waals surface area contributed by atoms with Gasteiger partial charge < -0.3 is 24.6 Å². The lowest BCUT2D eigenvalue weighted by Crippen LogP contribution is -2.41.